The van der Waals surface area contributed by atoms with Gasteiger partial charge in [-0.05, 0) is 0 Å². The third-order valence-electron chi connectivity index (χ3n) is 0.577. The summed E-state index contributed by atoms with van der Waals surface area (Å²) in [6.07, 6.45) is 0. The van der Waals surface area contributed by atoms with Crippen molar-refractivity contribution < 1.29 is 13.0 Å². The van der Waals surface area contributed by atoms with Gasteiger partial charge in [0.15, 0.2) is 0 Å². The number of hydrogen-bond donors (Lipinski definition) is 0. The van der Waals surface area contributed by atoms with Gasteiger partial charge in [-0.1, -0.05) is 0 Å². The van der Waals surface area contributed by atoms with Crippen LogP contribution in [0.15, 0.2) is 0 Å². The lowest BCUT2D eigenvalue weighted by Crippen LogP contribution is -2.23. The standard InChI is InChI=1S/BH9O3Si3/c5-2-1(3-6)4-7/h5-7H3. The highest BCUT2D eigenvalue weighted by atomic mass is 28.2. The molecule has 7 heavy (non-hydrogen) atoms. The van der Waals surface area contributed by atoms with Crippen molar-refractivity contribution in [1.82, 2.24) is 0 Å². The molecule has 0 bridgehead atoms. The fourth-order valence-electron chi connectivity index (χ4n) is 0.289. The van der Waals surface area contributed by atoms with Gasteiger partial charge in [0, 0.05) is 0 Å². The minimum absolute atomic E-state index is 0.329. The number of hydrogen-bond acceptors (Lipinski definition) is 3. The van der Waals surface area contributed by atoms with Gasteiger partial charge in [-0.15, -0.1) is 0 Å². The Kier molecular flexibility index (Phi) is 5.15. The van der Waals surface area contributed by atoms with Crippen LogP contribution < -0.4 is 0 Å². The van der Waals surface area contributed by atoms with Crippen LogP contribution in [-0.4, -0.2) is 38.8 Å². The molecule has 0 radical (unpaired) electrons. The van der Waals surface area contributed by atoms with Crippen molar-refractivity contribution in [2.24, 2.45) is 0 Å². The molecule has 0 aliphatic carbocycles. The summed E-state index contributed by atoms with van der Waals surface area (Å²) in [4.78, 5) is 0. The molecule has 3 nitrogen and oxygen atoms in total. The molecule has 42 valence electrons. The van der Waals surface area contributed by atoms with E-state index in [1.54, 1.807) is 0 Å². The Morgan fingerprint density at radius 3 is 1.14 bits per heavy atom. The van der Waals surface area contributed by atoms with Gasteiger partial charge in [0.05, 0.1) is 0 Å². The molecule has 0 saturated heterocycles. The van der Waals surface area contributed by atoms with Crippen LogP contribution in [0.25, 0.3) is 0 Å². The summed E-state index contributed by atoms with van der Waals surface area (Å²) in [7, 11) is 1.73. The summed E-state index contributed by atoms with van der Waals surface area (Å²) in [5.41, 5.74) is 0. The Morgan fingerprint density at radius 2 is 1.14 bits per heavy atom. The maximum Gasteiger partial charge on any atom is 0.604 e. The average molecular weight is 152 g/mol. The van der Waals surface area contributed by atoms with Gasteiger partial charge < -0.3 is 13.0 Å². The van der Waals surface area contributed by atoms with Crippen molar-refractivity contribution in [2.45, 2.75) is 0 Å². The summed E-state index contributed by atoms with van der Waals surface area (Å²) in [6, 6.07) is 0. The van der Waals surface area contributed by atoms with Crippen molar-refractivity contribution in [1.29, 1.82) is 0 Å². The van der Waals surface area contributed by atoms with Crippen LogP contribution in [0.4, 0.5) is 0 Å². The predicted molar refractivity (Wildman–Crippen MR) is 38.8 cm³/mol. The second-order valence-corrected chi connectivity index (χ2v) is 2.41. The first-order chi connectivity index (χ1) is 3.35. The lowest BCUT2D eigenvalue weighted by molar-refractivity contribution is 0.347. The molecule has 0 unspecified atom stereocenters. The zero-order valence-electron chi connectivity index (χ0n) is 4.80. The molecule has 0 spiro atoms. The van der Waals surface area contributed by atoms with E-state index in [-0.39, 0.29) is 7.32 Å². The molecule has 0 heterocycles. The lowest BCUT2D eigenvalue weighted by atomic mass is 10.3. The van der Waals surface area contributed by atoms with Crippen molar-refractivity contribution in [3.8, 4) is 0 Å². The van der Waals surface area contributed by atoms with Crippen molar-refractivity contribution >= 4 is 38.8 Å². The third-order valence-corrected chi connectivity index (χ3v) is 1.73. The van der Waals surface area contributed by atoms with E-state index >= 15 is 0 Å². The van der Waals surface area contributed by atoms with E-state index in [1.807, 2.05) is 0 Å². The molecule has 0 saturated carbocycles. The normalized spacial score (nSPS) is 10.3. The van der Waals surface area contributed by atoms with Gasteiger partial charge >= 0.3 is 7.32 Å². The smallest absolute Gasteiger partial charge is 0.438 e. The fourth-order valence-corrected chi connectivity index (χ4v) is 2.60. The zero-order valence-corrected chi connectivity index (χ0v) is 10.8. The van der Waals surface area contributed by atoms with Crippen LogP contribution >= 0.6 is 0 Å². The molecule has 0 aliphatic rings. The molecular weight excluding hydrogens is 143 g/mol. The molecule has 0 fully saturated rings. The molecule has 7 heteroatoms. The lowest BCUT2D eigenvalue weighted by Gasteiger charge is -2.03. The SMILES string of the molecule is [SiH3]OB(O[SiH3])O[SiH3]. The van der Waals surface area contributed by atoms with Crippen LogP contribution in [-0.2, 0) is 13.0 Å². The summed E-state index contributed by atoms with van der Waals surface area (Å²) in [5, 5.41) is 0. The van der Waals surface area contributed by atoms with E-state index in [2.05, 4.69) is 0 Å². The van der Waals surface area contributed by atoms with Gasteiger partial charge in [-0.25, -0.2) is 0 Å². The monoisotopic (exact) mass is 152 g/mol. The first kappa shape index (κ1) is 7.60. The Balaban J connectivity index is 2.99. The van der Waals surface area contributed by atoms with Crippen molar-refractivity contribution in [3.63, 3.8) is 0 Å². The minimum atomic E-state index is -0.329. The highest BCUT2D eigenvalue weighted by Crippen LogP contribution is 1.78. The molecule has 0 amide bonds. The maximum absolute atomic E-state index is 4.81. The first-order valence-corrected chi connectivity index (χ1v) is 4.38. The van der Waals surface area contributed by atoms with Gasteiger partial charge in [0.25, 0.3) is 0 Å². The van der Waals surface area contributed by atoms with Crippen LogP contribution in [0.5, 0.6) is 0 Å². The van der Waals surface area contributed by atoms with E-state index in [1.165, 1.54) is 0 Å². The zero-order chi connectivity index (χ0) is 5.70. The highest BCUT2D eigenvalue weighted by molar-refractivity contribution is 6.50. The van der Waals surface area contributed by atoms with Gasteiger partial charge in [0.2, 0.25) is 0 Å². The third kappa shape index (κ3) is 3.20. The minimum Gasteiger partial charge on any atom is -0.438 e. The molecule has 0 aromatic carbocycles. The molecule has 0 aromatic heterocycles. The van der Waals surface area contributed by atoms with Crippen molar-refractivity contribution in [3.05, 3.63) is 0 Å². The summed E-state index contributed by atoms with van der Waals surface area (Å²) < 4.78 is 14.4. The van der Waals surface area contributed by atoms with Crippen molar-refractivity contribution in [2.75, 3.05) is 0 Å². The fraction of sp³-hybridized carbons (Fsp3) is 0. The second kappa shape index (κ2) is 4.75. The maximum atomic E-state index is 4.81. The summed E-state index contributed by atoms with van der Waals surface area (Å²) >= 11 is 0. The molecular formula is H9BO3Si3. The number of rotatable bonds is 3. The molecule has 0 aliphatic heterocycles. The first-order valence-electron chi connectivity index (χ1n) is 1.93. The van der Waals surface area contributed by atoms with E-state index in [4.69, 9.17) is 13.0 Å². The van der Waals surface area contributed by atoms with Gasteiger partial charge in [-0.3, -0.25) is 0 Å². The molecule has 0 atom stereocenters. The average Bonchev–Trinajstić information content (AvgIpc) is 1.72. The summed E-state index contributed by atoms with van der Waals surface area (Å²) in [5.74, 6) is 0. The largest absolute Gasteiger partial charge is 0.604 e. The second-order valence-electron chi connectivity index (χ2n) is 0.996. The Bertz CT molecular complexity index is 31.7. The summed E-state index contributed by atoms with van der Waals surface area (Å²) in [6.45, 7) is 0. The van der Waals surface area contributed by atoms with E-state index in [0.717, 1.165) is 0 Å². The van der Waals surface area contributed by atoms with Gasteiger partial charge in [-0.2, -0.15) is 0 Å². The van der Waals surface area contributed by atoms with Crippen LogP contribution in [0.1, 0.15) is 0 Å². The Morgan fingerprint density at radius 1 is 0.857 bits per heavy atom. The molecule has 0 aromatic rings. The Hall–Kier alpha value is 0.596. The molecule has 0 N–H and O–H groups in total. The highest BCUT2D eigenvalue weighted by Gasteiger charge is 2.09. The van der Waals surface area contributed by atoms with Gasteiger partial charge in [0.1, 0.15) is 31.5 Å². The topological polar surface area (TPSA) is 27.7 Å². The predicted octanol–water partition coefficient (Wildman–Crippen LogP) is -4.14. The van der Waals surface area contributed by atoms with E-state index in [0.29, 0.717) is 31.5 Å². The van der Waals surface area contributed by atoms with Crippen LogP contribution in [0, 0.1) is 0 Å². The van der Waals surface area contributed by atoms with Crippen LogP contribution in [0.3, 0.4) is 0 Å². The molecule has 0 rings (SSSR count). The van der Waals surface area contributed by atoms with E-state index in [9.17, 15) is 0 Å². The van der Waals surface area contributed by atoms with Crippen LogP contribution in [0.2, 0.25) is 0 Å². The Labute approximate surface area is 52.5 Å². The van der Waals surface area contributed by atoms with E-state index < -0.39 is 0 Å². The quantitative estimate of drug-likeness (QED) is 0.384.